The van der Waals surface area contributed by atoms with Crippen LogP contribution in [0.4, 0.5) is 11.4 Å². The number of anilines is 1. The Balaban J connectivity index is 1.69. The summed E-state index contributed by atoms with van der Waals surface area (Å²) in [5, 5.41) is 16.6. The number of nitrogens with zero attached hydrogens (tertiary/aromatic N) is 1. The maximum Gasteiger partial charge on any atom is 0.270 e. The third-order valence-electron chi connectivity index (χ3n) is 6.16. The fourth-order valence-electron chi connectivity index (χ4n) is 4.71. The number of nitro groups is 1. The quantitative estimate of drug-likeness (QED) is 0.219. The first-order chi connectivity index (χ1) is 15.5. The Kier molecular flexibility index (Phi) is 3.85. The highest BCUT2D eigenvalue weighted by Crippen LogP contribution is 2.48. The number of H-pyrrole nitrogens is 2. The van der Waals surface area contributed by atoms with E-state index in [0.29, 0.717) is 11.3 Å². The van der Waals surface area contributed by atoms with E-state index in [1.807, 2.05) is 54.9 Å². The van der Waals surface area contributed by atoms with Crippen molar-refractivity contribution >= 4 is 54.9 Å². The molecule has 7 nitrogen and oxygen atoms in total. The van der Waals surface area contributed by atoms with Crippen molar-refractivity contribution in [1.82, 2.24) is 9.97 Å². The van der Waals surface area contributed by atoms with Crippen LogP contribution >= 0.6 is 15.9 Å². The van der Waals surface area contributed by atoms with Crippen LogP contribution in [0.2, 0.25) is 0 Å². The smallest absolute Gasteiger partial charge is 0.270 e. The van der Waals surface area contributed by atoms with E-state index in [1.165, 1.54) is 12.1 Å². The highest BCUT2D eigenvalue weighted by atomic mass is 79.9. The Morgan fingerprint density at radius 1 is 0.875 bits per heavy atom. The van der Waals surface area contributed by atoms with E-state index in [9.17, 15) is 14.9 Å². The van der Waals surface area contributed by atoms with Gasteiger partial charge in [0.1, 0.15) is 0 Å². The third kappa shape index (κ3) is 2.44. The number of Topliss-reactive ketones (excluding diaryl/α,β-unsaturated/α-hetero) is 1. The van der Waals surface area contributed by atoms with Crippen molar-refractivity contribution in [2.45, 2.75) is 5.54 Å². The number of ketones is 1. The number of hydrogen-bond acceptors (Lipinski definition) is 4. The van der Waals surface area contributed by atoms with Gasteiger partial charge in [0.25, 0.3) is 5.69 Å². The second-order valence-electron chi connectivity index (χ2n) is 7.83. The van der Waals surface area contributed by atoms with Crippen LogP contribution in [-0.4, -0.2) is 20.7 Å². The zero-order valence-electron chi connectivity index (χ0n) is 16.5. The molecule has 0 spiro atoms. The first kappa shape index (κ1) is 18.8. The van der Waals surface area contributed by atoms with Crippen molar-refractivity contribution in [1.29, 1.82) is 0 Å². The highest BCUT2D eigenvalue weighted by molar-refractivity contribution is 9.10. The fraction of sp³-hybridized carbons (Fsp3) is 0.0417. The van der Waals surface area contributed by atoms with Crippen molar-refractivity contribution in [2.75, 3.05) is 5.32 Å². The van der Waals surface area contributed by atoms with Gasteiger partial charge in [0, 0.05) is 67.6 Å². The summed E-state index contributed by atoms with van der Waals surface area (Å²) < 4.78 is 0.888. The van der Waals surface area contributed by atoms with Crippen LogP contribution in [0.25, 0.3) is 21.8 Å². The molecule has 2 aromatic heterocycles. The van der Waals surface area contributed by atoms with Gasteiger partial charge in [-0.3, -0.25) is 14.9 Å². The summed E-state index contributed by atoms with van der Waals surface area (Å²) in [4.78, 5) is 31.6. The van der Waals surface area contributed by atoms with Crippen LogP contribution in [-0.2, 0) is 5.54 Å². The zero-order chi connectivity index (χ0) is 22.0. The van der Waals surface area contributed by atoms with Gasteiger partial charge in [-0.2, -0.15) is 0 Å². The number of fused-ring (bicyclic) bond motifs is 3. The minimum Gasteiger partial charge on any atom is -0.364 e. The molecule has 0 saturated heterocycles. The van der Waals surface area contributed by atoms with E-state index in [1.54, 1.807) is 6.07 Å². The Labute approximate surface area is 189 Å². The molecule has 1 aliphatic heterocycles. The van der Waals surface area contributed by atoms with Gasteiger partial charge in [0.2, 0.25) is 0 Å². The molecule has 0 radical (unpaired) electrons. The number of halogens is 1. The van der Waals surface area contributed by atoms with Gasteiger partial charge in [-0.1, -0.05) is 34.1 Å². The number of para-hydroxylation sites is 1. The van der Waals surface area contributed by atoms with Crippen molar-refractivity contribution in [3.8, 4) is 0 Å². The molecule has 5 aromatic rings. The summed E-state index contributed by atoms with van der Waals surface area (Å²) in [7, 11) is 0. The Morgan fingerprint density at radius 2 is 1.59 bits per heavy atom. The minimum atomic E-state index is -1.25. The SMILES string of the molecule is O=C1c2cc([N+](=O)[O-])ccc2N[C@]1(c1c[nH]c2ccccc12)c1c[nH]c2ccc(Br)cc12. The van der Waals surface area contributed by atoms with Gasteiger partial charge >= 0.3 is 0 Å². The summed E-state index contributed by atoms with van der Waals surface area (Å²) in [6.07, 6.45) is 3.68. The number of benzene rings is 3. The summed E-state index contributed by atoms with van der Waals surface area (Å²) in [5.41, 5.74) is 2.80. The monoisotopic (exact) mass is 486 g/mol. The van der Waals surface area contributed by atoms with Crippen LogP contribution in [0.5, 0.6) is 0 Å². The first-order valence-electron chi connectivity index (χ1n) is 9.94. The normalized spacial score (nSPS) is 17.6. The van der Waals surface area contributed by atoms with Gasteiger partial charge < -0.3 is 15.3 Å². The van der Waals surface area contributed by atoms with E-state index in [4.69, 9.17) is 0 Å². The second kappa shape index (κ2) is 6.54. The number of nitro benzene ring substituents is 1. The molecule has 8 heteroatoms. The van der Waals surface area contributed by atoms with Gasteiger partial charge in [0.15, 0.2) is 11.3 Å². The molecule has 3 N–H and O–H groups in total. The number of aromatic nitrogens is 2. The minimum absolute atomic E-state index is 0.115. The molecule has 1 atom stereocenters. The van der Waals surface area contributed by atoms with Gasteiger partial charge in [-0.15, -0.1) is 0 Å². The van der Waals surface area contributed by atoms with E-state index in [0.717, 1.165) is 37.4 Å². The summed E-state index contributed by atoms with van der Waals surface area (Å²) in [6, 6.07) is 18.0. The Hall–Kier alpha value is -3.91. The van der Waals surface area contributed by atoms with E-state index in [-0.39, 0.29) is 11.5 Å². The first-order valence-corrected chi connectivity index (χ1v) is 10.7. The largest absolute Gasteiger partial charge is 0.364 e. The predicted molar refractivity (Wildman–Crippen MR) is 126 cm³/mol. The molecule has 3 heterocycles. The van der Waals surface area contributed by atoms with E-state index in [2.05, 4.69) is 31.2 Å². The molecule has 0 amide bonds. The van der Waals surface area contributed by atoms with Crippen molar-refractivity contribution in [3.05, 3.63) is 104 Å². The molecule has 0 unspecified atom stereocenters. The lowest BCUT2D eigenvalue weighted by molar-refractivity contribution is -0.384. The number of hydrogen-bond donors (Lipinski definition) is 3. The molecular weight excluding hydrogens is 472 g/mol. The van der Waals surface area contributed by atoms with E-state index >= 15 is 0 Å². The molecular formula is C24H15BrN4O3. The molecule has 3 aromatic carbocycles. The molecule has 156 valence electrons. The molecule has 6 rings (SSSR count). The Bertz CT molecular complexity index is 1590. The van der Waals surface area contributed by atoms with E-state index < -0.39 is 10.5 Å². The lowest BCUT2D eigenvalue weighted by Crippen LogP contribution is -2.39. The highest BCUT2D eigenvalue weighted by Gasteiger charge is 2.51. The standard InChI is InChI=1S/C24H15BrN4O3/c25-13-5-7-21-16(9-13)19(12-27-21)24(18-11-26-20-4-2-1-3-15(18)20)23(30)17-10-14(29(31)32)6-8-22(17)28-24/h1-12,26-28H/t24-/m1/s1. The number of aromatic amines is 2. The number of non-ortho nitro benzene ring substituents is 1. The van der Waals surface area contributed by atoms with Crippen LogP contribution in [0.1, 0.15) is 21.5 Å². The van der Waals surface area contributed by atoms with Gasteiger partial charge in [-0.05, 0) is 30.3 Å². The lowest BCUT2D eigenvalue weighted by Gasteiger charge is -2.28. The molecule has 32 heavy (non-hydrogen) atoms. The molecule has 0 fully saturated rings. The number of carbonyl (C=O) groups excluding carboxylic acids is 1. The van der Waals surface area contributed by atoms with Gasteiger partial charge in [0.05, 0.1) is 10.5 Å². The number of carbonyl (C=O) groups is 1. The molecule has 0 saturated carbocycles. The molecule has 0 aliphatic carbocycles. The van der Waals surface area contributed by atoms with Crippen LogP contribution in [0.15, 0.2) is 77.5 Å². The zero-order valence-corrected chi connectivity index (χ0v) is 18.1. The van der Waals surface area contributed by atoms with Crippen molar-refractivity contribution in [2.24, 2.45) is 0 Å². The number of rotatable bonds is 3. The maximum atomic E-state index is 14.1. The summed E-state index contributed by atoms with van der Waals surface area (Å²) in [6.45, 7) is 0. The topological polar surface area (TPSA) is 104 Å². The lowest BCUT2D eigenvalue weighted by atomic mass is 9.79. The number of nitrogens with one attached hydrogen (secondary N) is 3. The summed E-state index contributed by atoms with van der Waals surface area (Å²) >= 11 is 3.53. The maximum absolute atomic E-state index is 14.1. The van der Waals surface area contributed by atoms with Crippen LogP contribution in [0.3, 0.4) is 0 Å². The fourth-order valence-corrected chi connectivity index (χ4v) is 5.07. The molecule has 1 aliphatic rings. The summed E-state index contributed by atoms with van der Waals surface area (Å²) in [5.74, 6) is -0.234. The van der Waals surface area contributed by atoms with Crippen molar-refractivity contribution < 1.29 is 9.72 Å². The van der Waals surface area contributed by atoms with Crippen LogP contribution < -0.4 is 5.32 Å². The predicted octanol–water partition coefficient (Wildman–Crippen LogP) is 5.87. The van der Waals surface area contributed by atoms with Crippen molar-refractivity contribution in [3.63, 3.8) is 0 Å². The average Bonchev–Trinajstić information content (AvgIpc) is 3.48. The van der Waals surface area contributed by atoms with Crippen LogP contribution in [0, 0.1) is 10.1 Å². The third-order valence-corrected chi connectivity index (χ3v) is 6.66. The Morgan fingerprint density at radius 3 is 2.38 bits per heavy atom. The van der Waals surface area contributed by atoms with Gasteiger partial charge in [-0.25, -0.2) is 0 Å². The second-order valence-corrected chi connectivity index (χ2v) is 8.75. The molecule has 0 bridgehead atoms. The average molecular weight is 487 g/mol.